The van der Waals surface area contributed by atoms with E-state index in [-0.39, 0.29) is 0 Å². The lowest BCUT2D eigenvalue weighted by Gasteiger charge is -2.51. The summed E-state index contributed by atoms with van der Waals surface area (Å²) in [7, 11) is 0. The third-order valence-electron chi connectivity index (χ3n) is 6.05. The molecule has 0 aromatic rings. The van der Waals surface area contributed by atoms with Gasteiger partial charge in [-0.15, -0.1) is 0 Å². The molecule has 3 heteroatoms. The van der Waals surface area contributed by atoms with E-state index in [0.29, 0.717) is 12.1 Å². The number of rotatable bonds is 2. The van der Waals surface area contributed by atoms with Crippen molar-refractivity contribution in [3.8, 4) is 0 Å². The molecule has 0 aromatic heterocycles. The van der Waals surface area contributed by atoms with Crippen molar-refractivity contribution in [2.75, 3.05) is 32.7 Å². The minimum Gasteiger partial charge on any atom is -0.326 e. The van der Waals surface area contributed by atoms with Crippen LogP contribution in [0, 0.1) is 17.8 Å². The predicted octanol–water partition coefficient (Wildman–Crippen LogP) is 0.750. The van der Waals surface area contributed by atoms with Gasteiger partial charge in [-0.1, -0.05) is 6.42 Å². The SMILES string of the molecule is NC(C1CC2CCC1C2)C1CN2CCN1CC2. The lowest BCUT2D eigenvalue weighted by atomic mass is 9.79. The minimum absolute atomic E-state index is 0.452. The molecule has 4 bridgehead atoms. The zero-order valence-corrected chi connectivity index (χ0v) is 10.7. The molecule has 3 saturated heterocycles. The van der Waals surface area contributed by atoms with Crippen molar-refractivity contribution >= 4 is 0 Å². The van der Waals surface area contributed by atoms with Crippen LogP contribution in [0.2, 0.25) is 0 Å². The van der Waals surface area contributed by atoms with Gasteiger partial charge in [0, 0.05) is 44.8 Å². The van der Waals surface area contributed by atoms with Crippen LogP contribution in [0.5, 0.6) is 0 Å². The Kier molecular flexibility index (Phi) is 2.50. The van der Waals surface area contributed by atoms with E-state index >= 15 is 0 Å². The van der Waals surface area contributed by atoms with Crippen LogP contribution in [0.15, 0.2) is 0 Å². The molecule has 5 rings (SSSR count). The average molecular weight is 235 g/mol. The van der Waals surface area contributed by atoms with Crippen LogP contribution >= 0.6 is 0 Å². The van der Waals surface area contributed by atoms with Crippen molar-refractivity contribution in [1.82, 2.24) is 9.80 Å². The van der Waals surface area contributed by atoms with Gasteiger partial charge in [-0.25, -0.2) is 0 Å². The highest BCUT2D eigenvalue weighted by Crippen LogP contribution is 2.50. The quantitative estimate of drug-likeness (QED) is 0.766. The molecular formula is C14H25N3. The van der Waals surface area contributed by atoms with Gasteiger partial charge in [-0.05, 0) is 37.0 Å². The fourth-order valence-electron chi connectivity index (χ4n) is 5.07. The summed E-state index contributed by atoms with van der Waals surface area (Å²) in [4.78, 5) is 5.30. The van der Waals surface area contributed by atoms with Crippen molar-refractivity contribution in [3.05, 3.63) is 0 Å². The first-order valence-electron chi connectivity index (χ1n) is 7.53. The van der Waals surface area contributed by atoms with E-state index in [1.807, 2.05) is 0 Å². The van der Waals surface area contributed by atoms with Crippen LogP contribution in [0.3, 0.4) is 0 Å². The topological polar surface area (TPSA) is 32.5 Å². The summed E-state index contributed by atoms with van der Waals surface area (Å²) in [6.45, 7) is 6.33. The third kappa shape index (κ3) is 1.66. The van der Waals surface area contributed by atoms with Gasteiger partial charge in [0.05, 0.1) is 0 Å². The van der Waals surface area contributed by atoms with Crippen LogP contribution in [0.4, 0.5) is 0 Å². The van der Waals surface area contributed by atoms with Crippen molar-refractivity contribution in [2.45, 2.75) is 37.8 Å². The van der Waals surface area contributed by atoms with Crippen LogP contribution < -0.4 is 5.73 Å². The van der Waals surface area contributed by atoms with Crippen LogP contribution in [-0.2, 0) is 0 Å². The highest BCUT2D eigenvalue weighted by Gasteiger charge is 2.46. The van der Waals surface area contributed by atoms with Gasteiger partial charge in [0.25, 0.3) is 0 Å². The van der Waals surface area contributed by atoms with Gasteiger partial charge in [0.2, 0.25) is 0 Å². The second-order valence-corrected chi connectivity index (χ2v) is 6.82. The molecule has 5 aliphatic rings. The number of piperazine rings is 3. The second kappa shape index (κ2) is 3.94. The number of nitrogens with two attached hydrogens (primary N) is 1. The molecule has 0 aromatic carbocycles. The number of nitrogens with zero attached hydrogens (tertiary/aromatic N) is 2. The summed E-state index contributed by atoms with van der Waals surface area (Å²) in [5, 5.41) is 0. The van der Waals surface area contributed by atoms with Gasteiger partial charge in [0.15, 0.2) is 0 Å². The van der Waals surface area contributed by atoms with Crippen LogP contribution in [-0.4, -0.2) is 54.6 Å². The Labute approximate surface area is 104 Å². The number of hydrogen-bond donors (Lipinski definition) is 1. The Bertz CT molecular complexity index is 298. The van der Waals surface area contributed by atoms with E-state index in [0.717, 1.165) is 17.8 Å². The standard InChI is InChI=1S/C14H25N3/c15-14(12-8-10-1-2-11(12)7-10)13-9-16-3-5-17(13)6-4-16/h10-14H,1-9,15H2. The van der Waals surface area contributed by atoms with Gasteiger partial charge in [-0.2, -0.15) is 0 Å². The Morgan fingerprint density at radius 2 is 1.82 bits per heavy atom. The first-order valence-corrected chi connectivity index (χ1v) is 7.53. The molecular weight excluding hydrogens is 210 g/mol. The third-order valence-corrected chi connectivity index (χ3v) is 6.05. The average Bonchev–Trinajstić information content (AvgIpc) is 3.01. The van der Waals surface area contributed by atoms with E-state index in [2.05, 4.69) is 9.80 Å². The van der Waals surface area contributed by atoms with E-state index in [9.17, 15) is 0 Å². The predicted molar refractivity (Wildman–Crippen MR) is 68.7 cm³/mol. The molecule has 0 amide bonds. The molecule has 2 aliphatic carbocycles. The Hall–Kier alpha value is -0.120. The summed E-state index contributed by atoms with van der Waals surface area (Å²) in [6.07, 6.45) is 5.90. The first kappa shape index (κ1) is 10.8. The largest absolute Gasteiger partial charge is 0.326 e. The molecule has 3 nitrogen and oxygen atoms in total. The lowest BCUT2D eigenvalue weighted by Crippen LogP contribution is -2.67. The first-order chi connectivity index (χ1) is 8.31. The molecule has 96 valence electrons. The molecule has 0 radical (unpaired) electrons. The number of hydrogen-bond acceptors (Lipinski definition) is 3. The summed E-state index contributed by atoms with van der Waals surface area (Å²) < 4.78 is 0. The van der Waals surface area contributed by atoms with Gasteiger partial charge >= 0.3 is 0 Å². The Balaban J connectivity index is 1.48. The molecule has 2 saturated carbocycles. The monoisotopic (exact) mass is 235 g/mol. The van der Waals surface area contributed by atoms with Gasteiger partial charge in [-0.3, -0.25) is 9.80 Å². The van der Waals surface area contributed by atoms with E-state index < -0.39 is 0 Å². The minimum atomic E-state index is 0.452. The summed E-state index contributed by atoms with van der Waals surface area (Å²) >= 11 is 0. The molecule has 17 heavy (non-hydrogen) atoms. The maximum absolute atomic E-state index is 6.66. The van der Waals surface area contributed by atoms with Gasteiger partial charge in [0.1, 0.15) is 0 Å². The van der Waals surface area contributed by atoms with Crippen molar-refractivity contribution < 1.29 is 0 Å². The molecule has 5 atom stereocenters. The van der Waals surface area contributed by atoms with Gasteiger partial charge < -0.3 is 5.73 Å². The maximum Gasteiger partial charge on any atom is 0.0378 e. The summed E-state index contributed by atoms with van der Waals surface area (Å²) in [6, 6.07) is 1.12. The van der Waals surface area contributed by atoms with Crippen molar-refractivity contribution in [2.24, 2.45) is 23.5 Å². The molecule has 2 N–H and O–H groups in total. The molecule has 3 aliphatic heterocycles. The van der Waals surface area contributed by atoms with Crippen molar-refractivity contribution in [1.29, 1.82) is 0 Å². The Morgan fingerprint density at radius 1 is 1.00 bits per heavy atom. The molecule has 5 unspecified atom stereocenters. The van der Waals surface area contributed by atoms with E-state index in [4.69, 9.17) is 5.73 Å². The summed E-state index contributed by atoms with van der Waals surface area (Å²) in [5.41, 5.74) is 6.66. The molecule has 5 fully saturated rings. The maximum atomic E-state index is 6.66. The van der Waals surface area contributed by atoms with Crippen molar-refractivity contribution in [3.63, 3.8) is 0 Å². The fraction of sp³-hybridized carbons (Fsp3) is 1.00. The Morgan fingerprint density at radius 3 is 2.35 bits per heavy atom. The molecule has 3 heterocycles. The normalized spacial score (nSPS) is 54.2. The lowest BCUT2D eigenvalue weighted by molar-refractivity contribution is -0.0106. The molecule has 0 spiro atoms. The smallest absolute Gasteiger partial charge is 0.0378 e. The van der Waals surface area contributed by atoms with Crippen LogP contribution in [0.1, 0.15) is 25.7 Å². The zero-order chi connectivity index (χ0) is 11.4. The summed E-state index contributed by atoms with van der Waals surface area (Å²) in [5.74, 6) is 2.86. The van der Waals surface area contributed by atoms with E-state index in [1.165, 1.54) is 58.4 Å². The van der Waals surface area contributed by atoms with Crippen LogP contribution in [0.25, 0.3) is 0 Å². The zero-order valence-electron chi connectivity index (χ0n) is 10.7. The fourth-order valence-corrected chi connectivity index (χ4v) is 5.07. The highest BCUT2D eigenvalue weighted by molar-refractivity contribution is 5.02. The highest BCUT2D eigenvalue weighted by atomic mass is 15.3. The second-order valence-electron chi connectivity index (χ2n) is 6.82. The van der Waals surface area contributed by atoms with E-state index in [1.54, 1.807) is 0 Å². The number of fused-ring (bicyclic) bond motifs is 5.